The summed E-state index contributed by atoms with van der Waals surface area (Å²) in [6.45, 7) is 5.26. The summed E-state index contributed by atoms with van der Waals surface area (Å²) in [6.07, 6.45) is 0. The molecule has 0 bridgehead atoms. The summed E-state index contributed by atoms with van der Waals surface area (Å²) < 4.78 is 10.6. The van der Waals surface area contributed by atoms with Crippen LogP contribution in [0.4, 0.5) is 4.79 Å². The summed E-state index contributed by atoms with van der Waals surface area (Å²) in [7, 11) is 0. The maximum atomic E-state index is 12.8. The fourth-order valence-corrected chi connectivity index (χ4v) is 3.12. The van der Waals surface area contributed by atoms with Crippen LogP contribution in [0.25, 0.3) is 0 Å². The standard InChI is InChI=1S/C22H24N2O5/c1-15-7-9-17(10-8-15)22(3)20(26)24(21(27)23-22)14-19(25)29-12-11-28-18-6-4-5-16(2)13-18/h4-10,13H,11-12,14H2,1-3H3,(H,23,27)/t22-/m0/s1. The minimum absolute atomic E-state index is 0.0195. The smallest absolute Gasteiger partial charge is 0.326 e. The van der Waals surface area contributed by atoms with Gasteiger partial charge in [0.05, 0.1) is 0 Å². The molecule has 0 saturated carbocycles. The lowest BCUT2D eigenvalue weighted by molar-refractivity contribution is -0.148. The van der Waals surface area contributed by atoms with Gasteiger partial charge in [-0.15, -0.1) is 0 Å². The number of benzene rings is 2. The number of ether oxygens (including phenoxy) is 2. The van der Waals surface area contributed by atoms with Gasteiger partial charge in [0, 0.05) is 0 Å². The zero-order valence-electron chi connectivity index (χ0n) is 16.7. The average molecular weight is 396 g/mol. The lowest BCUT2D eigenvalue weighted by atomic mass is 9.91. The fraction of sp³-hybridized carbons (Fsp3) is 0.318. The monoisotopic (exact) mass is 396 g/mol. The normalized spacial score (nSPS) is 18.5. The van der Waals surface area contributed by atoms with E-state index in [9.17, 15) is 14.4 Å². The van der Waals surface area contributed by atoms with Gasteiger partial charge in [-0.1, -0.05) is 42.0 Å². The number of urea groups is 1. The minimum Gasteiger partial charge on any atom is -0.490 e. The molecule has 2 aromatic carbocycles. The molecular formula is C22H24N2O5. The molecule has 2 aromatic rings. The first-order valence-corrected chi connectivity index (χ1v) is 9.36. The first-order valence-electron chi connectivity index (χ1n) is 9.36. The van der Waals surface area contributed by atoms with Gasteiger partial charge < -0.3 is 14.8 Å². The molecule has 0 aliphatic carbocycles. The second kappa shape index (κ2) is 8.34. The van der Waals surface area contributed by atoms with Crippen LogP contribution in [0, 0.1) is 13.8 Å². The number of carbonyl (C=O) groups excluding carboxylic acids is 3. The molecule has 1 N–H and O–H groups in total. The summed E-state index contributed by atoms with van der Waals surface area (Å²) in [4.78, 5) is 38.1. The van der Waals surface area contributed by atoms with E-state index in [2.05, 4.69) is 5.32 Å². The van der Waals surface area contributed by atoms with Crippen LogP contribution >= 0.6 is 0 Å². The molecule has 3 amide bonds. The van der Waals surface area contributed by atoms with Crippen LogP contribution in [0.15, 0.2) is 48.5 Å². The number of rotatable bonds is 7. The molecule has 7 nitrogen and oxygen atoms in total. The SMILES string of the molecule is Cc1ccc([C@]2(C)NC(=O)N(CC(=O)OCCOc3cccc(C)c3)C2=O)cc1. The van der Waals surface area contributed by atoms with Crippen molar-refractivity contribution in [2.45, 2.75) is 26.3 Å². The van der Waals surface area contributed by atoms with E-state index in [1.54, 1.807) is 19.1 Å². The molecule has 0 aromatic heterocycles. The summed E-state index contributed by atoms with van der Waals surface area (Å²) in [6, 6.07) is 14.2. The van der Waals surface area contributed by atoms with Crippen molar-refractivity contribution < 1.29 is 23.9 Å². The van der Waals surface area contributed by atoms with Crippen LogP contribution in [-0.4, -0.2) is 42.6 Å². The number of nitrogens with zero attached hydrogens (tertiary/aromatic N) is 1. The zero-order chi connectivity index (χ0) is 21.0. The first kappa shape index (κ1) is 20.4. The topological polar surface area (TPSA) is 84.9 Å². The quantitative estimate of drug-likeness (QED) is 0.442. The predicted octanol–water partition coefficient (Wildman–Crippen LogP) is 2.69. The van der Waals surface area contributed by atoms with Crippen molar-refractivity contribution >= 4 is 17.9 Å². The van der Waals surface area contributed by atoms with Gasteiger partial charge in [0.1, 0.15) is 31.0 Å². The molecule has 1 atom stereocenters. The van der Waals surface area contributed by atoms with Gasteiger partial charge in [-0.05, 0) is 44.0 Å². The van der Waals surface area contributed by atoms with Crippen molar-refractivity contribution in [3.8, 4) is 5.75 Å². The van der Waals surface area contributed by atoms with Gasteiger partial charge in [0.25, 0.3) is 5.91 Å². The number of esters is 1. The van der Waals surface area contributed by atoms with E-state index in [1.807, 2.05) is 50.2 Å². The second-order valence-electron chi connectivity index (χ2n) is 7.20. The third-order valence-electron chi connectivity index (χ3n) is 4.80. The van der Waals surface area contributed by atoms with E-state index >= 15 is 0 Å². The van der Waals surface area contributed by atoms with Gasteiger partial charge in [0.15, 0.2) is 0 Å². The molecular weight excluding hydrogens is 372 g/mol. The van der Waals surface area contributed by atoms with Crippen LogP contribution in [0.5, 0.6) is 5.75 Å². The highest BCUT2D eigenvalue weighted by Crippen LogP contribution is 2.28. The molecule has 0 radical (unpaired) electrons. The van der Waals surface area contributed by atoms with Gasteiger partial charge in [-0.2, -0.15) is 0 Å². The summed E-state index contributed by atoms with van der Waals surface area (Å²) in [5.41, 5.74) is 1.56. The maximum absolute atomic E-state index is 12.8. The molecule has 1 aliphatic heterocycles. The molecule has 152 valence electrons. The Morgan fingerprint density at radius 2 is 1.76 bits per heavy atom. The molecule has 1 fully saturated rings. The number of imide groups is 1. The number of carbonyl (C=O) groups is 3. The van der Waals surface area contributed by atoms with Crippen molar-refractivity contribution in [3.05, 3.63) is 65.2 Å². The Labute approximate surface area is 169 Å². The lowest BCUT2D eigenvalue weighted by Crippen LogP contribution is -2.41. The van der Waals surface area contributed by atoms with Crippen molar-refractivity contribution in [1.29, 1.82) is 0 Å². The van der Waals surface area contributed by atoms with E-state index in [0.29, 0.717) is 11.3 Å². The second-order valence-corrected chi connectivity index (χ2v) is 7.20. The van der Waals surface area contributed by atoms with E-state index in [-0.39, 0.29) is 13.2 Å². The van der Waals surface area contributed by atoms with Crippen LogP contribution in [0.1, 0.15) is 23.6 Å². The van der Waals surface area contributed by atoms with Gasteiger partial charge in [-0.25, -0.2) is 4.79 Å². The zero-order valence-corrected chi connectivity index (χ0v) is 16.7. The molecule has 1 heterocycles. The number of aryl methyl sites for hydroxylation is 2. The van der Waals surface area contributed by atoms with Crippen LogP contribution in [0.2, 0.25) is 0 Å². The number of hydrogen-bond acceptors (Lipinski definition) is 5. The first-order chi connectivity index (χ1) is 13.8. The van der Waals surface area contributed by atoms with Gasteiger partial charge in [-0.3, -0.25) is 14.5 Å². The Bertz CT molecular complexity index is 925. The molecule has 7 heteroatoms. The van der Waals surface area contributed by atoms with Crippen molar-refractivity contribution in [2.24, 2.45) is 0 Å². The van der Waals surface area contributed by atoms with Crippen molar-refractivity contribution in [3.63, 3.8) is 0 Å². The fourth-order valence-electron chi connectivity index (χ4n) is 3.12. The summed E-state index contributed by atoms with van der Waals surface area (Å²) >= 11 is 0. The van der Waals surface area contributed by atoms with Crippen molar-refractivity contribution in [2.75, 3.05) is 19.8 Å². The Morgan fingerprint density at radius 3 is 2.45 bits per heavy atom. The third-order valence-corrected chi connectivity index (χ3v) is 4.80. The highest BCUT2D eigenvalue weighted by atomic mass is 16.6. The molecule has 1 aliphatic rings. The number of amides is 3. The Kier molecular flexibility index (Phi) is 5.87. The Hall–Kier alpha value is -3.35. The Balaban J connectivity index is 1.53. The van der Waals surface area contributed by atoms with Crippen LogP contribution < -0.4 is 10.1 Å². The molecule has 0 spiro atoms. The van der Waals surface area contributed by atoms with E-state index in [4.69, 9.17) is 9.47 Å². The third kappa shape index (κ3) is 4.56. The van der Waals surface area contributed by atoms with E-state index in [0.717, 1.165) is 16.0 Å². The van der Waals surface area contributed by atoms with Gasteiger partial charge >= 0.3 is 12.0 Å². The highest BCUT2D eigenvalue weighted by molar-refractivity contribution is 6.08. The van der Waals surface area contributed by atoms with Crippen LogP contribution in [0.3, 0.4) is 0 Å². The van der Waals surface area contributed by atoms with Gasteiger partial charge in [0.2, 0.25) is 0 Å². The van der Waals surface area contributed by atoms with Crippen molar-refractivity contribution in [1.82, 2.24) is 10.2 Å². The van der Waals surface area contributed by atoms with E-state index < -0.39 is 30.0 Å². The lowest BCUT2D eigenvalue weighted by Gasteiger charge is -2.22. The summed E-state index contributed by atoms with van der Waals surface area (Å²) in [5.74, 6) is -0.474. The molecule has 1 saturated heterocycles. The van der Waals surface area contributed by atoms with Crippen LogP contribution in [-0.2, 0) is 19.9 Å². The summed E-state index contributed by atoms with van der Waals surface area (Å²) in [5, 5.41) is 2.67. The average Bonchev–Trinajstić information content (AvgIpc) is 2.90. The molecule has 3 rings (SSSR count). The number of nitrogens with one attached hydrogen (secondary N) is 1. The predicted molar refractivity (Wildman–Crippen MR) is 106 cm³/mol. The molecule has 0 unspecified atom stereocenters. The molecule has 29 heavy (non-hydrogen) atoms. The largest absolute Gasteiger partial charge is 0.490 e. The Morgan fingerprint density at radius 1 is 1.03 bits per heavy atom. The number of hydrogen-bond donors (Lipinski definition) is 1. The minimum atomic E-state index is -1.21. The highest BCUT2D eigenvalue weighted by Gasteiger charge is 2.49. The van der Waals surface area contributed by atoms with E-state index in [1.165, 1.54) is 0 Å². The maximum Gasteiger partial charge on any atom is 0.326 e.